The van der Waals surface area contributed by atoms with Crippen LogP contribution in [0.3, 0.4) is 0 Å². The average Bonchev–Trinajstić information content (AvgIpc) is 2.82. The molecule has 0 spiro atoms. The SMILES string of the molecule is CC(C)(C)[Si](C)(C)OCCc1ccc(OCCOc2ccc(-c3ccccc3)c([N+](=O)[O-])c2)cc1. The largest absolute Gasteiger partial charge is 0.490 e. The molecule has 0 bridgehead atoms. The van der Waals surface area contributed by atoms with Crippen LogP contribution in [-0.4, -0.2) is 33.1 Å². The fourth-order valence-corrected chi connectivity index (χ4v) is 4.37. The topological polar surface area (TPSA) is 70.8 Å². The molecule has 3 rings (SSSR count). The normalized spacial score (nSPS) is 11.8. The Labute approximate surface area is 209 Å². The Kier molecular flexibility index (Phi) is 8.70. The van der Waals surface area contributed by atoms with E-state index in [2.05, 4.69) is 46.0 Å². The third-order valence-electron chi connectivity index (χ3n) is 6.45. The summed E-state index contributed by atoms with van der Waals surface area (Å²) in [6.07, 6.45) is 0.869. The van der Waals surface area contributed by atoms with Crippen molar-refractivity contribution in [3.05, 3.63) is 88.5 Å². The summed E-state index contributed by atoms with van der Waals surface area (Å²) < 4.78 is 17.7. The van der Waals surface area contributed by atoms with Gasteiger partial charge in [0.15, 0.2) is 8.32 Å². The molecule has 0 N–H and O–H groups in total. The Hall–Kier alpha value is -3.16. The highest BCUT2D eigenvalue weighted by atomic mass is 28.4. The number of hydrogen-bond acceptors (Lipinski definition) is 5. The molecule has 0 atom stereocenters. The molecule has 3 aromatic carbocycles. The van der Waals surface area contributed by atoms with Crippen molar-refractivity contribution in [3.8, 4) is 22.6 Å². The summed E-state index contributed by atoms with van der Waals surface area (Å²) in [7, 11) is -1.73. The first kappa shape index (κ1) is 26.4. The smallest absolute Gasteiger partial charge is 0.280 e. The van der Waals surface area contributed by atoms with Gasteiger partial charge in [0.25, 0.3) is 5.69 Å². The molecule has 0 radical (unpaired) electrons. The Balaban J connectivity index is 1.47. The van der Waals surface area contributed by atoms with Gasteiger partial charge in [0.05, 0.1) is 16.6 Å². The summed E-state index contributed by atoms with van der Waals surface area (Å²) in [5, 5.41) is 11.8. The molecule has 0 aliphatic carbocycles. The van der Waals surface area contributed by atoms with Crippen LogP contribution in [0.1, 0.15) is 26.3 Å². The summed E-state index contributed by atoms with van der Waals surface area (Å²) in [5.41, 5.74) is 2.58. The van der Waals surface area contributed by atoms with Gasteiger partial charge in [0.1, 0.15) is 24.7 Å². The van der Waals surface area contributed by atoms with Crippen LogP contribution in [0, 0.1) is 10.1 Å². The second-order valence-corrected chi connectivity index (χ2v) is 14.8. The minimum absolute atomic E-state index is 0.0164. The van der Waals surface area contributed by atoms with Gasteiger partial charge in [-0.1, -0.05) is 63.2 Å². The Morgan fingerprint density at radius 1 is 0.829 bits per heavy atom. The molecule has 0 saturated heterocycles. The van der Waals surface area contributed by atoms with Crippen LogP contribution in [0.5, 0.6) is 11.5 Å². The minimum Gasteiger partial charge on any atom is -0.490 e. The summed E-state index contributed by atoms with van der Waals surface area (Å²) in [4.78, 5) is 11.2. The quantitative estimate of drug-likeness (QED) is 0.121. The predicted octanol–water partition coefficient (Wildman–Crippen LogP) is 7.28. The number of benzene rings is 3. The Bertz CT molecular complexity index is 1110. The molecule has 0 aromatic heterocycles. The molecule has 186 valence electrons. The first-order valence-electron chi connectivity index (χ1n) is 11.9. The highest BCUT2D eigenvalue weighted by molar-refractivity contribution is 6.74. The maximum atomic E-state index is 11.6. The molecule has 0 aliphatic heterocycles. The highest BCUT2D eigenvalue weighted by Crippen LogP contribution is 2.36. The first-order chi connectivity index (χ1) is 16.6. The zero-order valence-corrected chi connectivity index (χ0v) is 22.2. The van der Waals surface area contributed by atoms with Gasteiger partial charge in [-0.15, -0.1) is 0 Å². The molecule has 3 aromatic rings. The van der Waals surface area contributed by atoms with E-state index in [1.54, 1.807) is 12.1 Å². The minimum atomic E-state index is -1.73. The van der Waals surface area contributed by atoms with Gasteiger partial charge in [0, 0.05) is 6.61 Å². The van der Waals surface area contributed by atoms with E-state index < -0.39 is 8.32 Å². The van der Waals surface area contributed by atoms with Crippen LogP contribution in [0.25, 0.3) is 11.1 Å². The second-order valence-electron chi connectivity index (χ2n) is 10.0. The number of ether oxygens (including phenoxy) is 2. The molecule has 0 aliphatic rings. The van der Waals surface area contributed by atoms with E-state index in [1.165, 1.54) is 11.6 Å². The van der Waals surface area contributed by atoms with Crippen molar-refractivity contribution < 1.29 is 18.8 Å². The molecule has 0 unspecified atom stereocenters. The van der Waals surface area contributed by atoms with Gasteiger partial charge in [0.2, 0.25) is 0 Å². The van der Waals surface area contributed by atoms with E-state index in [9.17, 15) is 10.1 Å². The molecule has 6 nitrogen and oxygen atoms in total. The van der Waals surface area contributed by atoms with Crippen molar-refractivity contribution in [2.24, 2.45) is 0 Å². The maximum Gasteiger partial charge on any atom is 0.280 e. The molecule has 0 heterocycles. The number of nitro groups is 1. The second kappa shape index (κ2) is 11.5. The van der Waals surface area contributed by atoms with Gasteiger partial charge in [-0.2, -0.15) is 0 Å². The number of nitrogens with zero attached hydrogens (tertiary/aromatic N) is 1. The van der Waals surface area contributed by atoms with Crippen LogP contribution in [0.4, 0.5) is 5.69 Å². The fourth-order valence-electron chi connectivity index (χ4n) is 3.33. The summed E-state index contributed by atoms with van der Waals surface area (Å²) in [6, 6.07) is 22.2. The average molecular weight is 494 g/mol. The van der Waals surface area contributed by atoms with E-state index in [-0.39, 0.29) is 22.3 Å². The first-order valence-corrected chi connectivity index (χ1v) is 14.8. The predicted molar refractivity (Wildman–Crippen MR) is 143 cm³/mol. The van der Waals surface area contributed by atoms with Crippen molar-refractivity contribution in [2.45, 2.75) is 45.3 Å². The number of rotatable bonds is 11. The van der Waals surface area contributed by atoms with Crippen LogP contribution in [-0.2, 0) is 10.8 Å². The summed E-state index contributed by atoms with van der Waals surface area (Å²) in [6.45, 7) is 12.6. The zero-order chi connectivity index (χ0) is 25.5. The van der Waals surface area contributed by atoms with Crippen molar-refractivity contribution >= 4 is 14.0 Å². The maximum absolute atomic E-state index is 11.6. The number of nitro benzene ring substituents is 1. The fraction of sp³-hybridized carbons (Fsp3) is 0.357. The van der Waals surface area contributed by atoms with E-state index in [0.717, 1.165) is 24.3 Å². The van der Waals surface area contributed by atoms with Crippen molar-refractivity contribution in [2.75, 3.05) is 19.8 Å². The lowest BCUT2D eigenvalue weighted by atomic mass is 10.0. The third-order valence-corrected chi connectivity index (χ3v) is 11.0. The van der Waals surface area contributed by atoms with Crippen LogP contribution in [0.2, 0.25) is 18.1 Å². The molecule has 0 amide bonds. The van der Waals surface area contributed by atoms with Gasteiger partial charge >= 0.3 is 0 Å². The highest BCUT2D eigenvalue weighted by Gasteiger charge is 2.36. The number of hydrogen-bond donors (Lipinski definition) is 0. The van der Waals surface area contributed by atoms with Crippen LogP contribution >= 0.6 is 0 Å². The molecular formula is C28H35NO5Si. The molecule has 0 fully saturated rings. The van der Waals surface area contributed by atoms with Crippen molar-refractivity contribution in [1.82, 2.24) is 0 Å². The molecule has 35 heavy (non-hydrogen) atoms. The van der Waals surface area contributed by atoms with Gasteiger partial charge in [-0.3, -0.25) is 10.1 Å². The van der Waals surface area contributed by atoms with E-state index in [0.29, 0.717) is 17.9 Å². The summed E-state index contributed by atoms with van der Waals surface area (Å²) in [5.74, 6) is 1.20. The van der Waals surface area contributed by atoms with Gasteiger partial charge in [-0.05, 0) is 59.9 Å². The Morgan fingerprint density at radius 3 is 2.03 bits per heavy atom. The van der Waals surface area contributed by atoms with E-state index >= 15 is 0 Å². The van der Waals surface area contributed by atoms with Gasteiger partial charge < -0.3 is 13.9 Å². The lowest BCUT2D eigenvalue weighted by molar-refractivity contribution is -0.384. The standard InChI is InChI=1S/C28H35NO5Si/c1-28(2,3)35(4,5)34-18-17-22-11-13-24(14-12-22)32-19-20-33-25-15-16-26(27(21-25)29(30)31)23-9-7-6-8-10-23/h6-16,21H,17-20H2,1-5H3. The lowest BCUT2D eigenvalue weighted by Crippen LogP contribution is -2.41. The molecule has 7 heteroatoms. The molecular weight excluding hydrogens is 458 g/mol. The monoisotopic (exact) mass is 493 g/mol. The lowest BCUT2D eigenvalue weighted by Gasteiger charge is -2.36. The van der Waals surface area contributed by atoms with E-state index in [4.69, 9.17) is 13.9 Å². The van der Waals surface area contributed by atoms with Crippen molar-refractivity contribution in [1.29, 1.82) is 0 Å². The van der Waals surface area contributed by atoms with Crippen molar-refractivity contribution in [3.63, 3.8) is 0 Å². The molecule has 0 saturated carbocycles. The zero-order valence-electron chi connectivity index (χ0n) is 21.2. The van der Waals surface area contributed by atoms with Gasteiger partial charge in [-0.25, -0.2) is 0 Å². The van der Waals surface area contributed by atoms with Crippen LogP contribution < -0.4 is 9.47 Å². The Morgan fingerprint density at radius 2 is 1.43 bits per heavy atom. The van der Waals surface area contributed by atoms with E-state index in [1.807, 2.05) is 42.5 Å². The van der Waals surface area contributed by atoms with Crippen LogP contribution in [0.15, 0.2) is 72.8 Å². The summed E-state index contributed by atoms with van der Waals surface area (Å²) >= 11 is 0. The third kappa shape index (κ3) is 7.41.